The van der Waals surface area contributed by atoms with Crippen molar-refractivity contribution in [2.75, 3.05) is 7.11 Å². The predicted octanol–water partition coefficient (Wildman–Crippen LogP) is 3.99. The van der Waals surface area contributed by atoms with Crippen molar-refractivity contribution in [3.8, 4) is 0 Å². The molecule has 0 aliphatic heterocycles. The van der Waals surface area contributed by atoms with Gasteiger partial charge in [-0.1, -0.05) is 6.08 Å². The van der Waals surface area contributed by atoms with Gasteiger partial charge in [-0.05, 0) is 73.6 Å². The van der Waals surface area contributed by atoms with Crippen LogP contribution >= 0.6 is 22.6 Å². The number of allylic oxidation sites excluding steroid dienone is 1. The van der Waals surface area contributed by atoms with Crippen LogP contribution in [0.25, 0.3) is 0 Å². The first-order chi connectivity index (χ1) is 10.0. The Bertz CT molecular complexity index is 397. The van der Waals surface area contributed by atoms with Gasteiger partial charge in [0.15, 0.2) is 5.78 Å². The Morgan fingerprint density at radius 2 is 1.91 bits per heavy atom. The number of amides is 1. The van der Waals surface area contributed by atoms with Gasteiger partial charge in [0.25, 0.3) is 0 Å². The highest BCUT2D eigenvalue weighted by Crippen LogP contribution is 2.12. The standard InChI is InChI=1S/C16H28INO4/c1-11(17)7-9-13(14(19)10-8-12(2)21-6)18-15(20)22-16(3,4)5/h7,12-13H,8-10H2,1-6H3,(H,18,20)/b11-7-/t12?,13-/m0/s1. The van der Waals surface area contributed by atoms with E-state index < -0.39 is 17.7 Å². The van der Waals surface area contributed by atoms with E-state index in [-0.39, 0.29) is 11.9 Å². The van der Waals surface area contributed by atoms with Crippen molar-refractivity contribution in [2.45, 2.75) is 71.6 Å². The molecule has 128 valence electrons. The van der Waals surface area contributed by atoms with E-state index in [0.29, 0.717) is 19.3 Å². The number of halogens is 1. The monoisotopic (exact) mass is 425 g/mol. The van der Waals surface area contributed by atoms with E-state index in [0.717, 1.165) is 3.58 Å². The van der Waals surface area contributed by atoms with E-state index in [9.17, 15) is 9.59 Å². The number of alkyl carbamates (subject to hydrolysis) is 1. The maximum atomic E-state index is 12.3. The molecule has 0 fully saturated rings. The predicted molar refractivity (Wildman–Crippen MR) is 96.3 cm³/mol. The Hall–Kier alpha value is -0.630. The van der Waals surface area contributed by atoms with Gasteiger partial charge in [-0.2, -0.15) is 0 Å². The van der Waals surface area contributed by atoms with Gasteiger partial charge in [-0.15, -0.1) is 0 Å². The van der Waals surface area contributed by atoms with Crippen LogP contribution < -0.4 is 5.32 Å². The molecule has 0 aromatic rings. The normalized spacial score (nSPS) is 15.1. The van der Waals surface area contributed by atoms with E-state index in [1.165, 1.54) is 0 Å². The fourth-order valence-corrected chi connectivity index (χ4v) is 1.89. The number of hydrogen-bond acceptors (Lipinski definition) is 4. The molecule has 5 nitrogen and oxygen atoms in total. The second kappa shape index (κ2) is 10.2. The third kappa shape index (κ3) is 11.0. The number of hydrogen-bond donors (Lipinski definition) is 1. The highest BCUT2D eigenvalue weighted by Gasteiger charge is 2.23. The Labute approximate surface area is 147 Å². The topological polar surface area (TPSA) is 64.6 Å². The van der Waals surface area contributed by atoms with Gasteiger partial charge >= 0.3 is 6.09 Å². The molecule has 0 saturated heterocycles. The molecule has 0 aliphatic carbocycles. The fraction of sp³-hybridized carbons (Fsp3) is 0.750. The lowest BCUT2D eigenvalue weighted by molar-refractivity contribution is -0.121. The Balaban J connectivity index is 4.71. The first kappa shape index (κ1) is 21.4. The van der Waals surface area contributed by atoms with Crippen molar-refractivity contribution in [1.82, 2.24) is 5.32 Å². The molecule has 0 bridgehead atoms. The third-order valence-electron chi connectivity index (χ3n) is 2.91. The van der Waals surface area contributed by atoms with Gasteiger partial charge < -0.3 is 14.8 Å². The smallest absolute Gasteiger partial charge is 0.408 e. The van der Waals surface area contributed by atoms with Crippen LogP contribution in [0.5, 0.6) is 0 Å². The van der Waals surface area contributed by atoms with Crippen LogP contribution in [0.15, 0.2) is 9.66 Å². The van der Waals surface area contributed by atoms with Gasteiger partial charge in [-0.25, -0.2) is 4.79 Å². The molecule has 22 heavy (non-hydrogen) atoms. The molecule has 0 rings (SSSR count). The van der Waals surface area contributed by atoms with Crippen LogP contribution in [0.3, 0.4) is 0 Å². The van der Waals surface area contributed by atoms with Gasteiger partial charge in [0.2, 0.25) is 0 Å². The first-order valence-corrected chi connectivity index (χ1v) is 8.50. The SMILES string of the molecule is COC(C)CCC(=O)[C@H](C/C=C(/C)I)NC(=O)OC(C)(C)C. The molecule has 1 amide bonds. The number of nitrogens with one attached hydrogen (secondary N) is 1. The average molecular weight is 425 g/mol. The minimum absolute atomic E-state index is 0.0105. The molecule has 0 aromatic heterocycles. The number of ketones is 1. The fourth-order valence-electron chi connectivity index (χ4n) is 1.64. The summed E-state index contributed by atoms with van der Waals surface area (Å²) in [5.41, 5.74) is -0.586. The zero-order chi connectivity index (χ0) is 17.3. The van der Waals surface area contributed by atoms with Crippen molar-refractivity contribution in [1.29, 1.82) is 0 Å². The van der Waals surface area contributed by atoms with Crippen LogP contribution in [0.2, 0.25) is 0 Å². The Morgan fingerprint density at radius 1 is 1.32 bits per heavy atom. The number of rotatable bonds is 8. The summed E-state index contributed by atoms with van der Waals surface area (Å²) in [6.07, 6.45) is 2.85. The average Bonchev–Trinajstić information content (AvgIpc) is 2.37. The molecule has 1 N–H and O–H groups in total. The largest absolute Gasteiger partial charge is 0.444 e. The number of carbonyl (C=O) groups is 2. The zero-order valence-electron chi connectivity index (χ0n) is 14.4. The molecule has 0 spiro atoms. The lowest BCUT2D eigenvalue weighted by Gasteiger charge is -2.23. The van der Waals surface area contributed by atoms with Gasteiger partial charge in [-0.3, -0.25) is 4.79 Å². The zero-order valence-corrected chi connectivity index (χ0v) is 16.5. The summed E-state index contributed by atoms with van der Waals surface area (Å²) in [4.78, 5) is 24.2. The maximum Gasteiger partial charge on any atom is 0.408 e. The van der Waals surface area contributed by atoms with Gasteiger partial charge in [0, 0.05) is 13.5 Å². The van der Waals surface area contributed by atoms with E-state index in [1.807, 2.05) is 19.9 Å². The summed E-state index contributed by atoms with van der Waals surface area (Å²) in [5.74, 6) is -0.0105. The van der Waals surface area contributed by atoms with Crippen LogP contribution in [0.1, 0.15) is 53.9 Å². The molecule has 1 unspecified atom stereocenters. The molecule has 0 aliphatic rings. The summed E-state index contributed by atoms with van der Waals surface area (Å²) in [5, 5.41) is 2.67. The quantitative estimate of drug-likeness (QED) is 0.598. The summed E-state index contributed by atoms with van der Waals surface area (Å²) < 4.78 is 11.4. The van der Waals surface area contributed by atoms with Crippen molar-refractivity contribution in [3.63, 3.8) is 0 Å². The number of carbonyl (C=O) groups excluding carboxylic acids is 2. The molecule has 0 aromatic carbocycles. The molecular weight excluding hydrogens is 397 g/mol. The van der Waals surface area contributed by atoms with Crippen molar-refractivity contribution in [3.05, 3.63) is 9.66 Å². The molecule has 0 saturated carbocycles. The van der Waals surface area contributed by atoms with E-state index >= 15 is 0 Å². The molecule has 6 heteroatoms. The molecular formula is C16H28INO4. The second-order valence-electron chi connectivity index (χ2n) is 6.28. The minimum atomic E-state index is -0.586. The lowest BCUT2D eigenvalue weighted by atomic mass is 10.0. The Morgan fingerprint density at radius 3 is 2.36 bits per heavy atom. The Kier molecular flexibility index (Phi) is 9.91. The van der Waals surface area contributed by atoms with E-state index in [4.69, 9.17) is 9.47 Å². The summed E-state index contributed by atoms with van der Waals surface area (Å²) in [6.45, 7) is 9.23. The van der Waals surface area contributed by atoms with Crippen LogP contribution in [-0.2, 0) is 14.3 Å². The summed E-state index contributed by atoms with van der Waals surface area (Å²) in [6, 6.07) is -0.566. The third-order valence-corrected chi connectivity index (χ3v) is 3.35. The van der Waals surface area contributed by atoms with Gasteiger partial charge in [0.1, 0.15) is 5.60 Å². The van der Waals surface area contributed by atoms with Crippen molar-refractivity contribution in [2.24, 2.45) is 0 Å². The number of ether oxygens (including phenoxy) is 2. The highest BCUT2D eigenvalue weighted by atomic mass is 127. The highest BCUT2D eigenvalue weighted by molar-refractivity contribution is 14.1. The summed E-state index contributed by atoms with van der Waals surface area (Å²) >= 11 is 2.18. The molecule has 0 radical (unpaired) electrons. The van der Waals surface area contributed by atoms with Crippen LogP contribution in [0.4, 0.5) is 4.79 Å². The lowest BCUT2D eigenvalue weighted by Crippen LogP contribution is -2.43. The van der Waals surface area contributed by atoms with E-state index in [2.05, 4.69) is 27.9 Å². The number of methoxy groups -OCH3 is 1. The van der Waals surface area contributed by atoms with Gasteiger partial charge in [0.05, 0.1) is 12.1 Å². The van der Waals surface area contributed by atoms with Crippen LogP contribution in [0, 0.1) is 0 Å². The minimum Gasteiger partial charge on any atom is -0.444 e. The van der Waals surface area contributed by atoms with Crippen molar-refractivity contribution < 1.29 is 19.1 Å². The number of Topliss-reactive ketones (excluding diaryl/α,β-unsaturated/α-hetero) is 1. The maximum absolute atomic E-state index is 12.3. The van der Waals surface area contributed by atoms with E-state index in [1.54, 1.807) is 27.9 Å². The van der Waals surface area contributed by atoms with Crippen LogP contribution in [-0.4, -0.2) is 36.7 Å². The molecule has 2 atom stereocenters. The summed E-state index contributed by atoms with van der Waals surface area (Å²) in [7, 11) is 1.62. The van der Waals surface area contributed by atoms with Crippen molar-refractivity contribution >= 4 is 34.5 Å². The molecule has 0 heterocycles. The first-order valence-electron chi connectivity index (χ1n) is 7.42. The second-order valence-corrected chi connectivity index (χ2v) is 7.98.